The van der Waals surface area contributed by atoms with Crippen molar-refractivity contribution in [3.05, 3.63) is 76.6 Å². The molecule has 11 nitrogen and oxygen atoms in total. The summed E-state index contributed by atoms with van der Waals surface area (Å²) in [5.41, 5.74) is 1.31. The number of benzene rings is 1. The number of hydrogen-bond donors (Lipinski definition) is 0. The molecular formula is C34H31F2N7O4. The number of likely N-dealkylation sites (N-methyl/N-ethyl adjacent to an activating group) is 1. The number of halogens is 2. The molecule has 240 valence electrons. The number of pyridine rings is 2. The third kappa shape index (κ3) is 4.43. The molecule has 8 rings (SSSR count). The molecular weight excluding hydrogens is 608 g/mol. The number of carbonyl (C=O) groups is 2. The molecule has 47 heavy (non-hydrogen) atoms. The molecule has 4 aliphatic rings. The van der Waals surface area contributed by atoms with Gasteiger partial charge in [0, 0.05) is 37.4 Å². The molecule has 2 aliphatic carbocycles. The van der Waals surface area contributed by atoms with E-state index in [1.54, 1.807) is 4.90 Å². The van der Waals surface area contributed by atoms with Crippen molar-refractivity contribution in [3.63, 3.8) is 0 Å². The number of aromatic nitrogens is 4. The van der Waals surface area contributed by atoms with Crippen LogP contribution in [0.5, 0.6) is 5.75 Å². The summed E-state index contributed by atoms with van der Waals surface area (Å²) in [4.78, 5) is 60.0. The first-order chi connectivity index (χ1) is 22.7. The van der Waals surface area contributed by atoms with Crippen LogP contribution in [0.3, 0.4) is 0 Å². The lowest BCUT2D eigenvalue weighted by atomic mass is 10.00. The predicted molar refractivity (Wildman–Crippen MR) is 170 cm³/mol. The first kappa shape index (κ1) is 29.2. The van der Waals surface area contributed by atoms with Gasteiger partial charge in [-0.3, -0.25) is 19.0 Å². The molecule has 2 aliphatic heterocycles. The van der Waals surface area contributed by atoms with Crippen LogP contribution in [0.15, 0.2) is 48.0 Å². The number of piperazine rings is 1. The zero-order valence-electron chi connectivity index (χ0n) is 25.9. The Bertz CT molecular complexity index is 2060. The first-order valence-electron chi connectivity index (χ1n) is 15.7. The molecule has 0 unspecified atom stereocenters. The zero-order valence-corrected chi connectivity index (χ0v) is 25.9. The van der Waals surface area contributed by atoms with Gasteiger partial charge < -0.3 is 19.4 Å². The molecule has 1 atom stereocenters. The Balaban J connectivity index is 1.48. The molecule has 2 amide bonds. The maximum Gasteiger partial charge on any atom is 0.283 e. The maximum absolute atomic E-state index is 16.4. The van der Waals surface area contributed by atoms with Crippen LogP contribution < -0.4 is 20.1 Å². The van der Waals surface area contributed by atoms with Gasteiger partial charge in [-0.15, -0.1) is 0 Å². The number of fused-ring (bicyclic) bond motifs is 5. The van der Waals surface area contributed by atoms with Crippen LogP contribution in [0.2, 0.25) is 0 Å². The van der Waals surface area contributed by atoms with Crippen LogP contribution in [0, 0.1) is 11.6 Å². The number of anilines is 2. The van der Waals surface area contributed by atoms with E-state index < -0.39 is 23.2 Å². The summed E-state index contributed by atoms with van der Waals surface area (Å²) in [6.45, 7) is 4.09. The molecule has 0 spiro atoms. The highest BCUT2D eigenvalue weighted by Crippen LogP contribution is 2.49. The van der Waals surface area contributed by atoms with Gasteiger partial charge in [-0.2, -0.15) is 0 Å². The maximum atomic E-state index is 16.4. The summed E-state index contributed by atoms with van der Waals surface area (Å²) >= 11 is 0. The van der Waals surface area contributed by atoms with Gasteiger partial charge in [-0.05, 0) is 50.0 Å². The lowest BCUT2D eigenvalue weighted by Crippen LogP contribution is -2.63. The number of carbonyl (C=O) groups excluding carboxylic acids is 2. The van der Waals surface area contributed by atoms with E-state index >= 15 is 8.78 Å². The first-order valence-corrected chi connectivity index (χ1v) is 15.7. The Hall–Kier alpha value is -5.20. The van der Waals surface area contributed by atoms with E-state index in [0.29, 0.717) is 22.8 Å². The number of hydrogen-bond acceptors (Lipinski definition) is 8. The molecule has 2 saturated carbocycles. The Kier molecular flexibility index (Phi) is 6.64. The average Bonchev–Trinajstić information content (AvgIpc) is 4.00. The number of ether oxygens (including phenoxy) is 1. The quantitative estimate of drug-likeness (QED) is 0.291. The minimum absolute atomic E-state index is 0.0582. The zero-order chi connectivity index (χ0) is 32.7. The van der Waals surface area contributed by atoms with Crippen LogP contribution >= 0.6 is 0 Å². The average molecular weight is 640 g/mol. The largest absolute Gasteiger partial charge is 0.496 e. The van der Waals surface area contributed by atoms with Crippen LogP contribution in [-0.2, 0) is 9.59 Å². The number of amides is 2. The van der Waals surface area contributed by atoms with Crippen molar-refractivity contribution < 1.29 is 23.1 Å². The van der Waals surface area contributed by atoms with Gasteiger partial charge in [-0.25, -0.2) is 23.7 Å². The van der Waals surface area contributed by atoms with E-state index in [-0.39, 0.29) is 77.0 Å². The standard InChI is InChI=1S/C34H31F2N7O4/c1-4-24(44)41-12-13-42-22(15-41)33(45)40(2)31-29(42)19-14-21(36)28(25-20(35)6-5-7-23(25)47-3)39-32(19)43(34(31)46)30-26(17-8-9-17)37-16-38-27(30)18-10-11-18/h4-7,14,16-18,22H,1,8-13,15H2,2-3H3/t22-/m1/s1. The van der Waals surface area contributed by atoms with Gasteiger partial charge in [-0.1, -0.05) is 12.6 Å². The van der Waals surface area contributed by atoms with E-state index in [1.165, 1.54) is 65.2 Å². The lowest BCUT2D eigenvalue weighted by Gasteiger charge is -2.47. The van der Waals surface area contributed by atoms with Gasteiger partial charge in [0.2, 0.25) is 5.91 Å². The minimum atomic E-state index is -0.834. The van der Waals surface area contributed by atoms with Gasteiger partial charge in [0.25, 0.3) is 11.5 Å². The van der Waals surface area contributed by atoms with Gasteiger partial charge >= 0.3 is 0 Å². The highest BCUT2D eigenvalue weighted by Gasteiger charge is 2.45. The Morgan fingerprint density at radius 3 is 2.34 bits per heavy atom. The van der Waals surface area contributed by atoms with Crippen molar-refractivity contribution in [1.82, 2.24) is 24.4 Å². The van der Waals surface area contributed by atoms with Gasteiger partial charge in [0.1, 0.15) is 35.3 Å². The van der Waals surface area contributed by atoms with Gasteiger partial charge in [0.05, 0.1) is 42.0 Å². The topological polar surface area (TPSA) is 114 Å². The third-order valence-corrected chi connectivity index (χ3v) is 9.62. The van der Waals surface area contributed by atoms with Crippen LogP contribution in [0.4, 0.5) is 20.2 Å². The van der Waals surface area contributed by atoms with Crippen molar-refractivity contribution in [2.24, 2.45) is 0 Å². The number of nitrogens with zero attached hydrogens (tertiary/aromatic N) is 7. The summed E-state index contributed by atoms with van der Waals surface area (Å²) in [6.07, 6.45) is 6.27. The summed E-state index contributed by atoms with van der Waals surface area (Å²) < 4.78 is 38.6. The second-order valence-corrected chi connectivity index (χ2v) is 12.5. The van der Waals surface area contributed by atoms with Crippen LogP contribution in [0.25, 0.3) is 28.0 Å². The second kappa shape index (κ2) is 10.7. The molecule has 1 saturated heterocycles. The molecule has 5 heterocycles. The van der Waals surface area contributed by atoms with E-state index in [4.69, 9.17) is 9.72 Å². The fourth-order valence-corrected chi connectivity index (χ4v) is 7.01. The molecule has 0 N–H and O–H groups in total. The van der Waals surface area contributed by atoms with E-state index in [1.807, 2.05) is 0 Å². The van der Waals surface area contributed by atoms with Crippen molar-refractivity contribution >= 4 is 34.2 Å². The van der Waals surface area contributed by atoms with E-state index in [2.05, 4.69) is 16.5 Å². The molecule has 1 aromatic carbocycles. The molecule has 3 fully saturated rings. The predicted octanol–water partition coefficient (Wildman–Crippen LogP) is 4.06. The molecule has 3 aromatic heterocycles. The van der Waals surface area contributed by atoms with Gasteiger partial charge in [0.15, 0.2) is 11.5 Å². The smallest absolute Gasteiger partial charge is 0.283 e. The summed E-state index contributed by atoms with van der Waals surface area (Å²) in [6, 6.07) is 4.58. The highest BCUT2D eigenvalue weighted by molar-refractivity contribution is 6.12. The third-order valence-electron chi connectivity index (χ3n) is 9.62. The molecule has 0 bridgehead atoms. The van der Waals surface area contributed by atoms with Crippen molar-refractivity contribution in [1.29, 1.82) is 0 Å². The second-order valence-electron chi connectivity index (χ2n) is 12.5. The Labute approximate surface area is 268 Å². The summed E-state index contributed by atoms with van der Waals surface area (Å²) in [5.74, 6) is -1.97. The van der Waals surface area contributed by atoms with Crippen LogP contribution in [0.1, 0.15) is 48.9 Å². The molecule has 0 radical (unpaired) electrons. The van der Waals surface area contributed by atoms with Crippen molar-refractivity contribution in [3.8, 4) is 22.7 Å². The van der Waals surface area contributed by atoms with E-state index in [0.717, 1.165) is 25.7 Å². The van der Waals surface area contributed by atoms with E-state index in [9.17, 15) is 14.4 Å². The van der Waals surface area contributed by atoms with Crippen molar-refractivity contribution in [2.75, 3.05) is 43.6 Å². The Morgan fingerprint density at radius 2 is 1.70 bits per heavy atom. The normalized spacial score (nSPS) is 19.1. The van der Waals surface area contributed by atoms with Crippen LogP contribution in [-0.4, -0.2) is 76.1 Å². The number of methoxy groups -OCH3 is 1. The fourth-order valence-electron chi connectivity index (χ4n) is 7.01. The number of rotatable bonds is 6. The highest BCUT2D eigenvalue weighted by atomic mass is 19.1. The molecule has 4 aromatic rings. The summed E-state index contributed by atoms with van der Waals surface area (Å²) in [5, 5.41) is 0.261. The summed E-state index contributed by atoms with van der Waals surface area (Å²) in [7, 11) is 2.87. The minimum Gasteiger partial charge on any atom is -0.496 e. The Morgan fingerprint density at radius 1 is 1.00 bits per heavy atom. The molecule has 13 heteroatoms. The van der Waals surface area contributed by atoms with Crippen molar-refractivity contribution in [2.45, 2.75) is 43.6 Å². The SMILES string of the molecule is C=CC(=O)N1CCN2c3c(c(=O)n(-c4c(C5CC5)ncnc4C4CC4)c4nc(-c5c(F)cccc5OC)c(F)cc34)N(C)C(=O)[C@H]2C1. The monoisotopic (exact) mass is 639 g/mol. The fraction of sp³-hybridized carbons (Fsp3) is 0.353. The lowest BCUT2D eigenvalue weighted by molar-refractivity contribution is -0.128.